The average molecular weight is 398 g/mol. The van der Waals surface area contributed by atoms with E-state index in [4.69, 9.17) is 10.5 Å². The Morgan fingerprint density at radius 3 is 2.76 bits per heavy atom. The van der Waals surface area contributed by atoms with Crippen LogP contribution >= 0.6 is 24.0 Å². The lowest BCUT2D eigenvalue weighted by Gasteiger charge is -2.06. The van der Waals surface area contributed by atoms with E-state index in [0.717, 1.165) is 16.9 Å². The number of aryl methyl sites for hydroxylation is 1. The number of methoxy groups -OCH3 is 1. The number of rotatable bonds is 4. The largest absolute Gasteiger partial charge is 0.481 e. The van der Waals surface area contributed by atoms with Gasteiger partial charge in [0.25, 0.3) is 0 Å². The highest BCUT2D eigenvalue weighted by molar-refractivity contribution is 14.0. The molecule has 0 aliphatic heterocycles. The van der Waals surface area contributed by atoms with Crippen LogP contribution in [-0.4, -0.2) is 18.1 Å². The number of halogens is 1. The molecule has 0 amide bonds. The monoisotopic (exact) mass is 398 g/mol. The van der Waals surface area contributed by atoms with Crippen molar-refractivity contribution in [2.45, 2.75) is 13.5 Å². The van der Waals surface area contributed by atoms with E-state index in [0.29, 0.717) is 18.4 Å². The molecule has 1 aromatic carbocycles. The number of ether oxygens (including phenoxy) is 1. The lowest BCUT2D eigenvalue weighted by Crippen LogP contribution is -2.22. The number of anilines is 1. The first-order valence-electron chi connectivity index (χ1n) is 6.31. The molecule has 1 aromatic heterocycles. The van der Waals surface area contributed by atoms with Gasteiger partial charge in [0.1, 0.15) is 0 Å². The van der Waals surface area contributed by atoms with Crippen molar-refractivity contribution in [3.63, 3.8) is 0 Å². The molecule has 6 heteroatoms. The Morgan fingerprint density at radius 1 is 1.29 bits per heavy atom. The maximum atomic E-state index is 5.85. The smallest absolute Gasteiger partial charge is 0.213 e. The molecule has 0 aliphatic carbocycles. The summed E-state index contributed by atoms with van der Waals surface area (Å²) in [5, 5.41) is 3.05. The van der Waals surface area contributed by atoms with E-state index in [-0.39, 0.29) is 24.0 Å². The first-order valence-corrected chi connectivity index (χ1v) is 6.31. The summed E-state index contributed by atoms with van der Waals surface area (Å²) in [7, 11) is 1.59. The zero-order valence-corrected chi connectivity index (χ0v) is 14.4. The number of guanidine groups is 1. The van der Waals surface area contributed by atoms with Gasteiger partial charge in [0.2, 0.25) is 5.88 Å². The second-order valence-corrected chi connectivity index (χ2v) is 4.37. The van der Waals surface area contributed by atoms with E-state index >= 15 is 0 Å². The van der Waals surface area contributed by atoms with Crippen LogP contribution in [-0.2, 0) is 6.54 Å². The Kier molecular flexibility index (Phi) is 6.93. The summed E-state index contributed by atoms with van der Waals surface area (Å²) >= 11 is 0. The summed E-state index contributed by atoms with van der Waals surface area (Å²) in [6.45, 7) is 2.43. The van der Waals surface area contributed by atoms with Gasteiger partial charge in [-0.25, -0.2) is 9.98 Å². The molecule has 0 saturated carbocycles. The highest BCUT2D eigenvalue weighted by Crippen LogP contribution is 2.10. The molecule has 3 N–H and O–H groups in total. The van der Waals surface area contributed by atoms with Gasteiger partial charge in [-0.3, -0.25) is 0 Å². The third-order valence-electron chi connectivity index (χ3n) is 2.69. The van der Waals surface area contributed by atoms with Crippen molar-refractivity contribution in [1.29, 1.82) is 0 Å². The Morgan fingerprint density at radius 2 is 2.05 bits per heavy atom. The lowest BCUT2D eigenvalue weighted by molar-refractivity contribution is 0.396. The van der Waals surface area contributed by atoms with Crippen LogP contribution in [0.25, 0.3) is 0 Å². The van der Waals surface area contributed by atoms with Gasteiger partial charge < -0.3 is 15.8 Å². The summed E-state index contributed by atoms with van der Waals surface area (Å²) in [5.74, 6) is 0.933. The van der Waals surface area contributed by atoms with E-state index in [2.05, 4.69) is 15.3 Å². The van der Waals surface area contributed by atoms with Gasteiger partial charge in [-0.15, -0.1) is 24.0 Å². The average Bonchev–Trinajstić information content (AvgIpc) is 2.45. The fraction of sp³-hybridized carbons (Fsp3) is 0.200. The van der Waals surface area contributed by atoms with Gasteiger partial charge in [-0.2, -0.15) is 0 Å². The van der Waals surface area contributed by atoms with Gasteiger partial charge in [0, 0.05) is 11.8 Å². The van der Waals surface area contributed by atoms with Crippen molar-refractivity contribution in [3.05, 3.63) is 53.7 Å². The zero-order valence-electron chi connectivity index (χ0n) is 12.0. The molecule has 1 heterocycles. The van der Waals surface area contributed by atoms with Crippen LogP contribution in [0.15, 0.2) is 47.5 Å². The molecular formula is C15H19IN4O. The van der Waals surface area contributed by atoms with E-state index < -0.39 is 0 Å². The van der Waals surface area contributed by atoms with E-state index in [1.54, 1.807) is 13.2 Å². The number of aromatic nitrogens is 1. The summed E-state index contributed by atoms with van der Waals surface area (Å²) in [4.78, 5) is 8.53. The highest BCUT2D eigenvalue weighted by Gasteiger charge is 1.98. The number of benzene rings is 1. The first-order chi connectivity index (χ1) is 9.67. The van der Waals surface area contributed by atoms with Crippen molar-refractivity contribution in [2.24, 2.45) is 10.7 Å². The quantitative estimate of drug-likeness (QED) is 0.472. The van der Waals surface area contributed by atoms with E-state index in [1.807, 2.05) is 43.3 Å². The zero-order chi connectivity index (χ0) is 14.4. The third-order valence-corrected chi connectivity index (χ3v) is 2.69. The molecule has 0 radical (unpaired) electrons. The predicted molar refractivity (Wildman–Crippen MR) is 96.3 cm³/mol. The molecule has 2 aromatic rings. The van der Waals surface area contributed by atoms with Crippen molar-refractivity contribution in [2.75, 3.05) is 12.4 Å². The fourth-order valence-corrected chi connectivity index (χ4v) is 1.74. The predicted octanol–water partition coefficient (Wildman–Crippen LogP) is 2.94. The number of pyridine rings is 1. The molecule has 0 aliphatic rings. The summed E-state index contributed by atoms with van der Waals surface area (Å²) < 4.78 is 5.06. The molecule has 0 bridgehead atoms. The molecule has 0 saturated heterocycles. The van der Waals surface area contributed by atoms with E-state index in [1.165, 1.54) is 0 Å². The van der Waals surface area contributed by atoms with Gasteiger partial charge in [0.05, 0.1) is 19.3 Å². The SMILES string of the molecule is COc1cccc(CN=C(N)Nc2cccc(C)c2)n1.I. The van der Waals surface area contributed by atoms with Gasteiger partial charge in [-0.1, -0.05) is 18.2 Å². The Balaban J connectivity index is 0.00000220. The topological polar surface area (TPSA) is 72.5 Å². The van der Waals surface area contributed by atoms with Crippen LogP contribution in [0.5, 0.6) is 5.88 Å². The molecule has 0 unspecified atom stereocenters. The van der Waals surface area contributed by atoms with Crippen LogP contribution in [0.2, 0.25) is 0 Å². The molecule has 2 rings (SSSR count). The van der Waals surface area contributed by atoms with Crippen molar-refractivity contribution < 1.29 is 4.74 Å². The molecule has 5 nitrogen and oxygen atoms in total. The lowest BCUT2D eigenvalue weighted by atomic mass is 10.2. The van der Waals surface area contributed by atoms with Crippen molar-refractivity contribution in [1.82, 2.24) is 4.98 Å². The minimum Gasteiger partial charge on any atom is -0.481 e. The molecule has 21 heavy (non-hydrogen) atoms. The van der Waals surface area contributed by atoms with Crippen LogP contribution < -0.4 is 15.8 Å². The van der Waals surface area contributed by atoms with Gasteiger partial charge in [-0.05, 0) is 30.7 Å². The second-order valence-electron chi connectivity index (χ2n) is 4.37. The standard InChI is InChI=1S/C15H18N4O.HI/c1-11-5-3-6-12(9-11)19-15(16)17-10-13-7-4-8-14(18-13)20-2;/h3-9H,10H2,1-2H3,(H3,16,17,19);1H. The van der Waals surface area contributed by atoms with Gasteiger partial charge >= 0.3 is 0 Å². The number of hydrogen-bond donors (Lipinski definition) is 2. The molecule has 0 atom stereocenters. The fourth-order valence-electron chi connectivity index (χ4n) is 1.74. The first kappa shape index (κ1) is 17.2. The number of nitrogens with zero attached hydrogens (tertiary/aromatic N) is 2. The number of nitrogens with one attached hydrogen (secondary N) is 1. The Labute approximate surface area is 141 Å². The maximum absolute atomic E-state index is 5.85. The van der Waals surface area contributed by atoms with Crippen LogP contribution in [0.3, 0.4) is 0 Å². The molecule has 112 valence electrons. The van der Waals surface area contributed by atoms with Crippen LogP contribution in [0, 0.1) is 6.92 Å². The summed E-state index contributed by atoms with van der Waals surface area (Å²) in [5.41, 5.74) is 8.74. The minimum absolute atomic E-state index is 0. The summed E-state index contributed by atoms with van der Waals surface area (Å²) in [6.07, 6.45) is 0. The van der Waals surface area contributed by atoms with Gasteiger partial charge in [0.15, 0.2) is 5.96 Å². The number of hydrogen-bond acceptors (Lipinski definition) is 3. The number of nitrogens with two attached hydrogens (primary N) is 1. The molecule has 0 fully saturated rings. The van der Waals surface area contributed by atoms with Crippen LogP contribution in [0.1, 0.15) is 11.3 Å². The van der Waals surface area contributed by atoms with Crippen molar-refractivity contribution in [3.8, 4) is 5.88 Å². The normalized spacial score (nSPS) is 10.7. The molecular weight excluding hydrogens is 379 g/mol. The number of aliphatic imine (C=N–C) groups is 1. The Hall–Kier alpha value is -1.83. The van der Waals surface area contributed by atoms with Crippen LogP contribution in [0.4, 0.5) is 5.69 Å². The van der Waals surface area contributed by atoms with Crippen molar-refractivity contribution >= 4 is 35.6 Å². The van der Waals surface area contributed by atoms with E-state index in [9.17, 15) is 0 Å². The second kappa shape index (κ2) is 8.46. The third kappa shape index (κ3) is 5.58. The highest BCUT2D eigenvalue weighted by atomic mass is 127. The maximum Gasteiger partial charge on any atom is 0.213 e. The minimum atomic E-state index is 0. The summed E-state index contributed by atoms with van der Waals surface area (Å²) in [6, 6.07) is 13.5. The Bertz CT molecular complexity index is 616. The molecule has 0 spiro atoms.